The molecule has 1 atom stereocenters. The van der Waals surface area contributed by atoms with E-state index < -0.39 is 0 Å². The number of piperidine rings is 1. The molecule has 3 heterocycles. The SMILES string of the molecule is O=C(NCC1COCCO1)c1cn(C2CCNCC2)nn1. The van der Waals surface area contributed by atoms with Crippen LogP contribution in [0, 0.1) is 0 Å². The zero-order valence-electron chi connectivity index (χ0n) is 12.0. The number of carbonyl (C=O) groups is 1. The van der Waals surface area contributed by atoms with Crippen molar-refractivity contribution in [2.45, 2.75) is 25.0 Å². The second-order valence-electron chi connectivity index (χ2n) is 5.34. The number of carbonyl (C=O) groups excluding carboxylic acids is 1. The summed E-state index contributed by atoms with van der Waals surface area (Å²) < 4.78 is 12.6. The van der Waals surface area contributed by atoms with Gasteiger partial charge in [-0.15, -0.1) is 5.10 Å². The largest absolute Gasteiger partial charge is 0.376 e. The maximum absolute atomic E-state index is 12.0. The Hall–Kier alpha value is -1.51. The molecule has 3 rings (SSSR count). The van der Waals surface area contributed by atoms with Crippen LogP contribution in [-0.4, -0.2) is 66.5 Å². The van der Waals surface area contributed by atoms with Crippen LogP contribution in [0.15, 0.2) is 6.20 Å². The first-order valence-electron chi connectivity index (χ1n) is 7.43. The highest BCUT2D eigenvalue weighted by atomic mass is 16.6. The fourth-order valence-electron chi connectivity index (χ4n) is 2.58. The van der Waals surface area contributed by atoms with E-state index >= 15 is 0 Å². The van der Waals surface area contributed by atoms with Gasteiger partial charge in [0.2, 0.25) is 0 Å². The number of hydrogen-bond acceptors (Lipinski definition) is 6. The Labute approximate surface area is 123 Å². The first-order valence-corrected chi connectivity index (χ1v) is 7.43. The average Bonchev–Trinajstić information content (AvgIpc) is 3.04. The van der Waals surface area contributed by atoms with Crippen molar-refractivity contribution in [3.8, 4) is 0 Å². The molecule has 8 nitrogen and oxygen atoms in total. The maximum atomic E-state index is 12.0. The number of ether oxygens (including phenoxy) is 2. The molecule has 21 heavy (non-hydrogen) atoms. The number of amides is 1. The van der Waals surface area contributed by atoms with E-state index in [4.69, 9.17) is 9.47 Å². The molecule has 1 amide bonds. The molecule has 0 spiro atoms. The summed E-state index contributed by atoms with van der Waals surface area (Å²) in [7, 11) is 0. The molecule has 1 unspecified atom stereocenters. The van der Waals surface area contributed by atoms with Crippen molar-refractivity contribution in [3.05, 3.63) is 11.9 Å². The third-order valence-corrected chi connectivity index (χ3v) is 3.80. The summed E-state index contributed by atoms with van der Waals surface area (Å²) in [6.07, 6.45) is 3.67. The highest BCUT2D eigenvalue weighted by Gasteiger charge is 2.20. The van der Waals surface area contributed by atoms with Crippen molar-refractivity contribution < 1.29 is 14.3 Å². The molecule has 0 saturated carbocycles. The van der Waals surface area contributed by atoms with Crippen LogP contribution in [0.5, 0.6) is 0 Å². The number of aromatic nitrogens is 3. The maximum Gasteiger partial charge on any atom is 0.273 e. The topological polar surface area (TPSA) is 90.3 Å². The Bertz CT molecular complexity index is 466. The molecule has 1 aromatic heterocycles. The van der Waals surface area contributed by atoms with Crippen LogP contribution in [0.25, 0.3) is 0 Å². The molecule has 1 aromatic rings. The molecule has 0 bridgehead atoms. The van der Waals surface area contributed by atoms with Crippen molar-refractivity contribution in [2.75, 3.05) is 39.5 Å². The van der Waals surface area contributed by atoms with Crippen molar-refractivity contribution >= 4 is 5.91 Å². The molecule has 116 valence electrons. The van der Waals surface area contributed by atoms with E-state index in [1.807, 2.05) is 0 Å². The van der Waals surface area contributed by atoms with Crippen LogP contribution in [0.4, 0.5) is 0 Å². The van der Waals surface area contributed by atoms with Crippen LogP contribution in [0.2, 0.25) is 0 Å². The van der Waals surface area contributed by atoms with E-state index in [-0.39, 0.29) is 12.0 Å². The molecule has 8 heteroatoms. The lowest BCUT2D eigenvalue weighted by atomic mass is 10.1. The van der Waals surface area contributed by atoms with Gasteiger partial charge in [-0.2, -0.15) is 0 Å². The molecule has 0 aromatic carbocycles. The molecule has 2 aliphatic heterocycles. The molecule has 2 aliphatic rings. The average molecular weight is 295 g/mol. The van der Waals surface area contributed by atoms with E-state index in [1.54, 1.807) is 10.9 Å². The predicted octanol–water partition coefficient (Wildman–Crippen LogP) is -0.652. The van der Waals surface area contributed by atoms with Gasteiger partial charge in [-0.05, 0) is 25.9 Å². The number of nitrogens with zero attached hydrogens (tertiary/aromatic N) is 3. The van der Waals surface area contributed by atoms with Gasteiger partial charge in [-0.25, -0.2) is 4.68 Å². The van der Waals surface area contributed by atoms with E-state index in [2.05, 4.69) is 20.9 Å². The first-order chi connectivity index (χ1) is 10.3. The molecule has 2 saturated heterocycles. The third-order valence-electron chi connectivity index (χ3n) is 3.80. The van der Waals surface area contributed by atoms with Gasteiger partial charge in [0.25, 0.3) is 5.91 Å². The van der Waals surface area contributed by atoms with Crippen molar-refractivity contribution in [3.63, 3.8) is 0 Å². The molecule has 2 fully saturated rings. The normalized spacial score (nSPS) is 23.9. The van der Waals surface area contributed by atoms with Gasteiger partial charge in [-0.3, -0.25) is 4.79 Å². The van der Waals surface area contributed by atoms with Gasteiger partial charge in [-0.1, -0.05) is 5.21 Å². The lowest BCUT2D eigenvalue weighted by molar-refractivity contribution is -0.0855. The number of hydrogen-bond donors (Lipinski definition) is 2. The van der Waals surface area contributed by atoms with Gasteiger partial charge in [0.05, 0.1) is 38.2 Å². The Balaban J connectivity index is 1.51. The molecule has 0 aliphatic carbocycles. The summed E-state index contributed by atoms with van der Waals surface area (Å²) in [4.78, 5) is 12.0. The summed E-state index contributed by atoms with van der Waals surface area (Å²) in [6.45, 7) is 4.10. The summed E-state index contributed by atoms with van der Waals surface area (Å²) in [5.74, 6) is -0.218. The van der Waals surface area contributed by atoms with E-state index in [0.29, 0.717) is 38.1 Å². The van der Waals surface area contributed by atoms with Crippen molar-refractivity contribution in [1.82, 2.24) is 25.6 Å². The lowest BCUT2D eigenvalue weighted by Gasteiger charge is -2.22. The van der Waals surface area contributed by atoms with E-state index in [9.17, 15) is 4.79 Å². The minimum Gasteiger partial charge on any atom is -0.376 e. The number of nitrogens with one attached hydrogen (secondary N) is 2. The monoisotopic (exact) mass is 295 g/mol. The molecular formula is C13H21N5O3. The Kier molecular flexibility index (Phi) is 4.79. The minimum absolute atomic E-state index is 0.0813. The molecule has 0 radical (unpaired) electrons. The summed E-state index contributed by atoms with van der Waals surface area (Å²) in [6, 6.07) is 0.329. The second-order valence-corrected chi connectivity index (χ2v) is 5.34. The highest BCUT2D eigenvalue weighted by molar-refractivity contribution is 5.91. The lowest BCUT2D eigenvalue weighted by Crippen LogP contribution is -2.39. The zero-order chi connectivity index (χ0) is 14.5. The predicted molar refractivity (Wildman–Crippen MR) is 74.1 cm³/mol. The van der Waals surface area contributed by atoms with Crippen LogP contribution in [0.1, 0.15) is 29.4 Å². The Morgan fingerprint density at radius 2 is 2.29 bits per heavy atom. The fraction of sp³-hybridized carbons (Fsp3) is 0.769. The number of rotatable bonds is 4. The smallest absolute Gasteiger partial charge is 0.273 e. The van der Waals surface area contributed by atoms with Crippen LogP contribution in [-0.2, 0) is 9.47 Å². The standard InChI is InChI=1S/C13H21N5O3/c19-13(15-7-11-9-20-5-6-21-11)12-8-18(17-16-12)10-1-3-14-4-2-10/h8,10-11,14H,1-7,9H2,(H,15,19). The van der Waals surface area contributed by atoms with Crippen LogP contribution in [0.3, 0.4) is 0 Å². The Morgan fingerprint density at radius 3 is 3.05 bits per heavy atom. The van der Waals surface area contributed by atoms with E-state index in [1.165, 1.54) is 0 Å². The summed E-state index contributed by atoms with van der Waals surface area (Å²) in [5.41, 5.74) is 0.352. The first kappa shape index (κ1) is 14.4. The van der Waals surface area contributed by atoms with Crippen LogP contribution >= 0.6 is 0 Å². The quantitative estimate of drug-likeness (QED) is 0.767. The van der Waals surface area contributed by atoms with Gasteiger partial charge in [0, 0.05) is 6.54 Å². The van der Waals surface area contributed by atoms with Crippen molar-refractivity contribution in [1.29, 1.82) is 0 Å². The van der Waals surface area contributed by atoms with E-state index in [0.717, 1.165) is 25.9 Å². The van der Waals surface area contributed by atoms with Gasteiger partial charge in [0.15, 0.2) is 5.69 Å². The van der Waals surface area contributed by atoms with Gasteiger partial charge < -0.3 is 20.1 Å². The zero-order valence-corrected chi connectivity index (χ0v) is 12.0. The summed E-state index contributed by atoms with van der Waals surface area (Å²) in [5, 5.41) is 14.2. The van der Waals surface area contributed by atoms with Gasteiger partial charge in [0.1, 0.15) is 0 Å². The third kappa shape index (κ3) is 3.78. The fourth-order valence-corrected chi connectivity index (χ4v) is 2.58. The summed E-state index contributed by atoms with van der Waals surface area (Å²) >= 11 is 0. The van der Waals surface area contributed by atoms with Crippen molar-refractivity contribution in [2.24, 2.45) is 0 Å². The second kappa shape index (κ2) is 6.97. The van der Waals surface area contributed by atoms with Gasteiger partial charge >= 0.3 is 0 Å². The Morgan fingerprint density at radius 1 is 1.43 bits per heavy atom. The molecule has 2 N–H and O–H groups in total. The highest BCUT2D eigenvalue weighted by Crippen LogP contribution is 2.16. The molecular weight excluding hydrogens is 274 g/mol. The van der Waals surface area contributed by atoms with Crippen LogP contribution < -0.4 is 10.6 Å². The minimum atomic E-state index is -0.218.